The van der Waals surface area contributed by atoms with Gasteiger partial charge in [-0.15, -0.1) is 11.3 Å². The number of benzene rings is 1. The first-order chi connectivity index (χ1) is 6.75. The molecule has 0 spiro atoms. The zero-order valence-corrected chi connectivity index (χ0v) is 8.54. The van der Waals surface area contributed by atoms with Crippen molar-refractivity contribution in [2.45, 2.75) is 6.92 Å². The fraction of sp³-hybridized carbons (Fsp3) is 0.0909. The predicted molar refractivity (Wildman–Crippen MR) is 58.6 cm³/mol. The third-order valence-corrected chi connectivity index (χ3v) is 2.78. The molecule has 2 rings (SSSR count). The third kappa shape index (κ3) is 1.88. The predicted octanol–water partition coefficient (Wildman–Crippen LogP) is 2.48. The normalized spacial score (nSPS) is 10.1. The van der Waals surface area contributed by atoms with Crippen LogP contribution in [0.1, 0.15) is 4.88 Å². The Labute approximate surface area is 85.9 Å². The standard InChI is InChI=1S/C11H9NOS/c1-8-7-10(13)12-11(14-8)9-5-3-2-4-6-9/h2-7H,1H3. The Hall–Kier alpha value is -1.48. The highest BCUT2D eigenvalue weighted by Crippen LogP contribution is 2.20. The highest BCUT2D eigenvalue weighted by atomic mass is 32.1. The Bertz CT molecular complexity index is 490. The maximum absolute atomic E-state index is 11.2. The van der Waals surface area contributed by atoms with E-state index in [4.69, 9.17) is 0 Å². The van der Waals surface area contributed by atoms with Gasteiger partial charge in [0.15, 0.2) is 0 Å². The first-order valence-electron chi connectivity index (χ1n) is 4.30. The van der Waals surface area contributed by atoms with Crippen molar-refractivity contribution in [3.05, 3.63) is 51.6 Å². The summed E-state index contributed by atoms with van der Waals surface area (Å²) in [5.74, 6) is 0. The molecule has 0 bridgehead atoms. The molecule has 0 N–H and O–H groups in total. The first kappa shape index (κ1) is 9.09. The number of aryl methyl sites for hydroxylation is 1. The van der Waals surface area contributed by atoms with Crippen molar-refractivity contribution in [3.8, 4) is 10.6 Å². The molecule has 70 valence electrons. The average Bonchev–Trinajstić information content (AvgIpc) is 2.18. The van der Waals surface area contributed by atoms with Crippen LogP contribution in [-0.2, 0) is 0 Å². The Morgan fingerprint density at radius 3 is 2.57 bits per heavy atom. The Morgan fingerprint density at radius 1 is 1.21 bits per heavy atom. The smallest absolute Gasteiger partial charge is 0.267 e. The van der Waals surface area contributed by atoms with Crippen LogP contribution < -0.4 is 5.56 Å². The van der Waals surface area contributed by atoms with E-state index >= 15 is 0 Å². The van der Waals surface area contributed by atoms with Crippen LogP contribution >= 0.6 is 11.3 Å². The van der Waals surface area contributed by atoms with Crippen LogP contribution in [0, 0.1) is 6.92 Å². The quantitative estimate of drug-likeness (QED) is 0.712. The summed E-state index contributed by atoms with van der Waals surface area (Å²) in [6.07, 6.45) is 0. The van der Waals surface area contributed by atoms with Gasteiger partial charge in [0.2, 0.25) is 0 Å². The van der Waals surface area contributed by atoms with Gasteiger partial charge in [0.25, 0.3) is 5.56 Å². The summed E-state index contributed by atoms with van der Waals surface area (Å²) >= 11 is 1.53. The van der Waals surface area contributed by atoms with Gasteiger partial charge in [-0.1, -0.05) is 30.3 Å². The summed E-state index contributed by atoms with van der Waals surface area (Å²) in [5.41, 5.74) is 0.832. The minimum Gasteiger partial charge on any atom is -0.267 e. The fourth-order valence-corrected chi connectivity index (χ4v) is 2.07. The van der Waals surface area contributed by atoms with Crippen LogP contribution in [0.2, 0.25) is 0 Å². The van der Waals surface area contributed by atoms with Crippen molar-refractivity contribution in [1.29, 1.82) is 0 Å². The molecule has 0 fully saturated rings. The molecule has 3 heteroatoms. The third-order valence-electron chi connectivity index (χ3n) is 1.82. The summed E-state index contributed by atoms with van der Waals surface area (Å²) in [6, 6.07) is 11.3. The van der Waals surface area contributed by atoms with Gasteiger partial charge in [-0.05, 0) is 6.92 Å². The second-order valence-corrected chi connectivity index (χ2v) is 4.21. The molecule has 1 heterocycles. The van der Waals surface area contributed by atoms with Crippen molar-refractivity contribution in [2.24, 2.45) is 0 Å². The van der Waals surface area contributed by atoms with Crippen LogP contribution in [0.5, 0.6) is 0 Å². The highest BCUT2D eigenvalue weighted by Gasteiger charge is 2.00. The van der Waals surface area contributed by atoms with E-state index in [9.17, 15) is 4.79 Å². The van der Waals surface area contributed by atoms with Gasteiger partial charge in [0.05, 0.1) is 0 Å². The van der Waals surface area contributed by atoms with Gasteiger partial charge in [0.1, 0.15) is 5.01 Å². The lowest BCUT2D eigenvalue weighted by Gasteiger charge is -1.98. The highest BCUT2D eigenvalue weighted by molar-refractivity contribution is 7.14. The molecule has 0 atom stereocenters. The molecule has 0 saturated carbocycles. The lowest BCUT2D eigenvalue weighted by Crippen LogP contribution is -2.03. The van der Waals surface area contributed by atoms with Crippen LogP contribution in [-0.4, -0.2) is 4.98 Å². The van der Waals surface area contributed by atoms with E-state index in [1.54, 1.807) is 6.07 Å². The van der Waals surface area contributed by atoms with E-state index in [1.165, 1.54) is 11.3 Å². The monoisotopic (exact) mass is 203 g/mol. The first-order valence-corrected chi connectivity index (χ1v) is 5.11. The fourth-order valence-electron chi connectivity index (χ4n) is 1.22. The van der Waals surface area contributed by atoms with Crippen molar-refractivity contribution >= 4 is 11.3 Å². The van der Waals surface area contributed by atoms with Crippen molar-refractivity contribution < 1.29 is 0 Å². The number of rotatable bonds is 1. The Balaban J connectivity index is 2.58. The van der Waals surface area contributed by atoms with Gasteiger partial charge >= 0.3 is 0 Å². The zero-order chi connectivity index (χ0) is 9.97. The molecular weight excluding hydrogens is 194 g/mol. The van der Waals surface area contributed by atoms with Gasteiger partial charge in [-0.25, -0.2) is 0 Å². The Morgan fingerprint density at radius 2 is 1.93 bits per heavy atom. The van der Waals surface area contributed by atoms with Crippen LogP contribution in [0.15, 0.2) is 41.2 Å². The van der Waals surface area contributed by atoms with Crippen LogP contribution in [0.25, 0.3) is 10.6 Å². The van der Waals surface area contributed by atoms with E-state index < -0.39 is 0 Å². The molecule has 0 amide bonds. The van der Waals surface area contributed by atoms with E-state index in [0.717, 1.165) is 15.4 Å². The number of hydrogen-bond donors (Lipinski definition) is 0. The molecular formula is C11H9NOS. The van der Waals surface area contributed by atoms with Crippen molar-refractivity contribution in [2.75, 3.05) is 0 Å². The summed E-state index contributed by atoms with van der Waals surface area (Å²) in [4.78, 5) is 16.1. The van der Waals surface area contributed by atoms with E-state index in [-0.39, 0.29) is 5.56 Å². The molecule has 2 aromatic rings. The minimum absolute atomic E-state index is 0.167. The molecule has 1 aromatic carbocycles. The molecule has 2 nitrogen and oxygen atoms in total. The minimum atomic E-state index is -0.167. The molecule has 1 aromatic heterocycles. The molecule has 0 radical (unpaired) electrons. The van der Waals surface area contributed by atoms with Crippen LogP contribution in [0.3, 0.4) is 0 Å². The zero-order valence-electron chi connectivity index (χ0n) is 7.73. The lowest BCUT2D eigenvalue weighted by molar-refractivity contribution is 1.27. The van der Waals surface area contributed by atoms with Crippen molar-refractivity contribution in [1.82, 2.24) is 4.98 Å². The van der Waals surface area contributed by atoms with Gasteiger partial charge in [-0.2, -0.15) is 4.98 Å². The largest absolute Gasteiger partial charge is 0.272 e. The molecule has 0 saturated heterocycles. The van der Waals surface area contributed by atoms with E-state index in [2.05, 4.69) is 4.98 Å². The summed E-state index contributed by atoms with van der Waals surface area (Å²) in [7, 11) is 0. The molecule has 14 heavy (non-hydrogen) atoms. The van der Waals surface area contributed by atoms with Gasteiger partial charge in [-0.3, -0.25) is 4.79 Å². The molecule has 0 aliphatic carbocycles. The van der Waals surface area contributed by atoms with E-state index in [0.29, 0.717) is 0 Å². The summed E-state index contributed by atoms with van der Waals surface area (Å²) in [6.45, 7) is 1.92. The number of aromatic nitrogens is 1. The summed E-state index contributed by atoms with van der Waals surface area (Å²) < 4.78 is 0. The maximum atomic E-state index is 11.2. The SMILES string of the molecule is Cc1cc(=O)nc(-c2ccccc2)s1. The topological polar surface area (TPSA) is 30.0 Å². The number of hydrogen-bond acceptors (Lipinski definition) is 3. The number of nitrogens with zero attached hydrogens (tertiary/aromatic N) is 1. The lowest BCUT2D eigenvalue weighted by atomic mass is 10.2. The van der Waals surface area contributed by atoms with Gasteiger partial charge < -0.3 is 0 Å². The molecule has 0 aliphatic rings. The summed E-state index contributed by atoms with van der Waals surface area (Å²) in [5, 5.41) is 0.788. The van der Waals surface area contributed by atoms with Crippen LogP contribution in [0.4, 0.5) is 0 Å². The average molecular weight is 203 g/mol. The Kier molecular flexibility index (Phi) is 2.41. The van der Waals surface area contributed by atoms with E-state index in [1.807, 2.05) is 37.3 Å². The maximum Gasteiger partial charge on any atom is 0.272 e. The molecule has 0 unspecified atom stereocenters. The molecule has 0 aliphatic heterocycles. The second-order valence-electron chi connectivity index (χ2n) is 2.98. The second kappa shape index (κ2) is 3.72. The van der Waals surface area contributed by atoms with Gasteiger partial charge in [0, 0.05) is 16.5 Å². The van der Waals surface area contributed by atoms with Crippen molar-refractivity contribution in [3.63, 3.8) is 0 Å².